The fraction of sp³-hybridized carbons (Fsp3) is 0.500. The zero-order valence-corrected chi connectivity index (χ0v) is 41.1. The number of ketones is 1. The number of aromatic nitrogens is 1. The van der Waals surface area contributed by atoms with Crippen molar-refractivity contribution in [3.05, 3.63) is 99.6 Å². The third-order valence-corrected chi connectivity index (χ3v) is 14.9. The number of aryl methyl sites for hydroxylation is 2. The van der Waals surface area contributed by atoms with Gasteiger partial charge in [0.15, 0.2) is 5.78 Å². The number of amides is 3. The number of hydrogen-bond acceptors (Lipinski definition) is 11. The summed E-state index contributed by atoms with van der Waals surface area (Å²) < 4.78 is 18.3. The third kappa shape index (κ3) is 11.2. The number of carbonyl (C=O) groups is 4. The lowest BCUT2D eigenvalue weighted by Gasteiger charge is -2.63. The van der Waals surface area contributed by atoms with Crippen molar-refractivity contribution >= 4 is 46.4 Å². The van der Waals surface area contributed by atoms with E-state index in [-0.39, 0.29) is 61.9 Å². The van der Waals surface area contributed by atoms with Crippen LogP contribution in [0.1, 0.15) is 101 Å². The highest BCUT2D eigenvalue weighted by Gasteiger charge is 2.64. The number of Topliss-reactive ketones (excluding diaryl/α,β-unsaturated/α-hetero) is 1. The van der Waals surface area contributed by atoms with Gasteiger partial charge in [-0.25, -0.2) is 4.98 Å². The maximum absolute atomic E-state index is 14.1. The number of thiazole rings is 1. The second-order valence-corrected chi connectivity index (χ2v) is 21.9. The minimum absolute atomic E-state index is 0.0238. The molecule has 0 radical (unpaired) electrons. The van der Waals surface area contributed by atoms with Crippen LogP contribution in [0.3, 0.4) is 0 Å². The number of halogens is 1. The van der Waals surface area contributed by atoms with Crippen molar-refractivity contribution in [3.63, 3.8) is 0 Å². The van der Waals surface area contributed by atoms with Crippen LogP contribution in [-0.2, 0) is 25.5 Å². The number of nitrogens with zero attached hydrogens (tertiary/aromatic N) is 3. The maximum atomic E-state index is 14.1. The number of β-amino-alcohol motifs (C(OH)–C–C–N with tert-alkyl or cyclic N) is 1. The number of nitrogens with one attached hydrogen (secondary N) is 2. The average Bonchev–Trinajstić information content (AvgIpc) is 3.89. The minimum atomic E-state index is -0.934. The Labute approximate surface area is 402 Å². The normalized spacial score (nSPS) is 23.2. The number of aliphatic hydroxyl groups is 1. The second-order valence-electron chi connectivity index (χ2n) is 20.6. The Balaban J connectivity index is 0.825. The molecule has 3 fully saturated rings. The SMILES string of the molecule is Cc1ncsc1-c1ccc(CCC(=O)[C@@H]2C[C@@H](O)CN2C(=O)[C@@H](NC(=O)COCC2CC(Oc3ccc(C(=O)NC4C(C)(C)C(Oc5ccc(C#N)c(Cl)c5)C4(C)C)cc3)C2)C(C)(C)C)cc1. The predicted molar refractivity (Wildman–Crippen MR) is 257 cm³/mol. The van der Waals surface area contributed by atoms with Crippen LogP contribution in [0.4, 0.5) is 0 Å². The van der Waals surface area contributed by atoms with Crippen LogP contribution >= 0.6 is 22.9 Å². The van der Waals surface area contributed by atoms with E-state index in [1.165, 1.54) is 4.90 Å². The van der Waals surface area contributed by atoms with Crippen molar-refractivity contribution in [2.75, 3.05) is 19.8 Å². The van der Waals surface area contributed by atoms with E-state index >= 15 is 0 Å². The van der Waals surface area contributed by atoms with Crippen LogP contribution in [0, 0.1) is 40.4 Å². The van der Waals surface area contributed by atoms with Gasteiger partial charge in [0.1, 0.15) is 36.3 Å². The molecule has 1 aromatic heterocycles. The van der Waals surface area contributed by atoms with Crippen LogP contribution in [-0.4, -0.2) is 94.7 Å². The van der Waals surface area contributed by atoms with E-state index in [0.717, 1.165) is 34.5 Å². The van der Waals surface area contributed by atoms with Gasteiger partial charge in [-0.1, -0.05) is 84.3 Å². The molecule has 15 heteroatoms. The van der Waals surface area contributed by atoms with Crippen molar-refractivity contribution in [3.8, 4) is 28.0 Å². The van der Waals surface area contributed by atoms with Gasteiger partial charge in [-0.15, -0.1) is 11.3 Å². The van der Waals surface area contributed by atoms with Gasteiger partial charge >= 0.3 is 0 Å². The molecule has 1 aliphatic heterocycles. The van der Waals surface area contributed by atoms with Gasteiger partial charge in [0, 0.05) is 47.9 Å². The molecule has 0 unspecified atom stereocenters. The monoisotopic (exact) mass is 951 g/mol. The lowest BCUT2D eigenvalue weighted by atomic mass is 9.49. The molecule has 4 aromatic rings. The van der Waals surface area contributed by atoms with Crippen molar-refractivity contribution in [2.24, 2.45) is 22.2 Å². The number of carbonyl (C=O) groups excluding carboxylic acids is 4. The Hall–Kier alpha value is -5.33. The number of ether oxygens (including phenoxy) is 3. The van der Waals surface area contributed by atoms with E-state index in [1.54, 1.807) is 53.8 Å². The van der Waals surface area contributed by atoms with E-state index in [1.807, 2.05) is 57.5 Å². The molecule has 2 heterocycles. The lowest BCUT2D eigenvalue weighted by Crippen LogP contribution is -2.74. The molecule has 2 aliphatic carbocycles. The van der Waals surface area contributed by atoms with Crippen LogP contribution in [0.5, 0.6) is 11.5 Å². The van der Waals surface area contributed by atoms with Crippen molar-refractivity contribution in [1.82, 2.24) is 20.5 Å². The smallest absolute Gasteiger partial charge is 0.251 e. The lowest BCUT2D eigenvalue weighted by molar-refractivity contribution is -0.164. The molecular weight excluding hydrogens is 890 g/mol. The molecule has 1 saturated heterocycles. The molecular formula is C52H62ClN5O8S. The molecule has 7 rings (SSSR count). The molecule has 0 spiro atoms. The number of rotatable bonds is 17. The number of nitriles is 1. The van der Waals surface area contributed by atoms with Gasteiger partial charge in [-0.3, -0.25) is 19.2 Å². The fourth-order valence-electron chi connectivity index (χ4n) is 10.1. The Morgan fingerprint density at radius 1 is 0.970 bits per heavy atom. The Morgan fingerprint density at radius 3 is 2.25 bits per heavy atom. The van der Waals surface area contributed by atoms with E-state index in [0.29, 0.717) is 40.7 Å². The van der Waals surface area contributed by atoms with E-state index in [2.05, 4.69) is 49.4 Å². The number of likely N-dealkylation sites (tertiary alicyclic amines) is 1. The predicted octanol–water partition coefficient (Wildman–Crippen LogP) is 8.12. The quantitative estimate of drug-likeness (QED) is 0.0936. The molecule has 13 nitrogen and oxygen atoms in total. The summed E-state index contributed by atoms with van der Waals surface area (Å²) in [6, 6.07) is 20.4. The van der Waals surface area contributed by atoms with Crippen LogP contribution in [0.15, 0.2) is 72.2 Å². The molecule has 67 heavy (non-hydrogen) atoms. The summed E-state index contributed by atoms with van der Waals surface area (Å²) in [6.45, 7) is 15.9. The first-order chi connectivity index (χ1) is 31.6. The number of benzene rings is 3. The highest BCUT2D eigenvalue weighted by Crippen LogP contribution is 2.55. The minimum Gasteiger partial charge on any atom is -0.490 e. The Kier molecular flexibility index (Phi) is 14.9. The third-order valence-electron chi connectivity index (χ3n) is 13.6. The average molecular weight is 953 g/mol. The van der Waals surface area contributed by atoms with Crippen molar-refractivity contribution < 1.29 is 38.5 Å². The summed E-state index contributed by atoms with van der Waals surface area (Å²) in [7, 11) is 0. The van der Waals surface area contributed by atoms with E-state index in [4.69, 9.17) is 25.8 Å². The summed E-state index contributed by atoms with van der Waals surface area (Å²) in [4.78, 5) is 61.1. The fourth-order valence-corrected chi connectivity index (χ4v) is 11.2. The van der Waals surface area contributed by atoms with Crippen LogP contribution in [0.2, 0.25) is 5.02 Å². The van der Waals surface area contributed by atoms with Gasteiger partial charge in [-0.2, -0.15) is 5.26 Å². The maximum Gasteiger partial charge on any atom is 0.251 e. The zero-order chi connectivity index (χ0) is 48.4. The van der Waals surface area contributed by atoms with Crippen molar-refractivity contribution in [2.45, 2.75) is 124 Å². The summed E-state index contributed by atoms with van der Waals surface area (Å²) in [5, 5.41) is 26.3. The first-order valence-electron chi connectivity index (χ1n) is 23.0. The Morgan fingerprint density at radius 2 is 1.64 bits per heavy atom. The van der Waals surface area contributed by atoms with Gasteiger partial charge in [-0.05, 0) is 85.0 Å². The topological polar surface area (TPSA) is 180 Å². The van der Waals surface area contributed by atoms with Gasteiger partial charge in [0.2, 0.25) is 11.8 Å². The van der Waals surface area contributed by atoms with Gasteiger partial charge in [0.25, 0.3) is 5.91 Å². The molecule has 3 aliphatic rings. The standard InChI is InChI=1S/C52H62ClN5O8S/c1-30-44(67-29-55-30)33-12-9-31(10-13-33)11-20-42(60)41-23-36(59)26-58(41)47(63)45(50(2,3)4)56-43(61)28-64-27-32-21-39(22-32)65-37-17-14-34(15-18-37)46(62)57-48-51(5,6)49(52(48,7)8)66-38-19-16-35(25-54)40(53)24-38/h9-10,12-19,24,29,32,36,39,41,45,48-49,59H,11,20-23,26-28H2,1-8H3,(H,56,61)(H,57,62)/t32?,36-,39?,41+,45-,48?,49?/m1/s1. The van der Waals surface area contributed by atoms with E-state index < -0.39 is 46.2 Å². The molecule has 3 amide bonds. The van der Waals surface area contributed by atoms with Crippen LogP contribution < -0.4 is 20.1 Å². The van der Waals surface area contributed by atoms with Gasteiger partial charge in [0.05, 0.1) is 51.5 Å². The van der Waals surface area contributed by atoms with Crippen LogP contribution in [0.25, 0.3) is 10.4 Å². The second kappa shape index (κ2) is 20.1. The molecule has 2 saturated carbocycles. The molecule has 3 aromatic carbocycles. The number of aliphatic hydroxyl groups excluding tert-OH is 1. The number of hydrogen-bond donors (Lipinski definition) is 3. The highest BCUT2D eigenvalue weighted by atomic mass is 35.5. The van der Waals surface area contributed by atoms with E-state index in [9.17, 15) is 29.5 Å². The summed E-state index contributed by atoms with van der Waals surface area (Å²) >= 11 is 7.83. The molecule has 0 bridgehead atoms. The molecule has 3 N–H and O–H groups in total. The Bertz CT molecular complexity index is 2470. The molecule has 356 valence electrons. The first kappa shape index (κ1) is 49.6. The summed E-state index contributed by atoms with van der Waals surface area (Å²) in [6.07, 6.45) is 1.27. The molecule has 3 atom stereocenters. The largest absolute Gasteiger partial charge is 0.490 e. The first-order valence-corrected chi connectivity index (χ1v) is 24.2. The van der Waals surface area contributed by atoms with Gasteiger partial charge < -0.3 is 34.9 Å². The van der Waals surface area contributed by atoms with Crippen molar-refractivity contribution in [1.29, 1.82) is 5.26 Å². The summed E-state index contributed by atoms with van der Waals surface area (Å²) in [5.74, 6) is 0.270. The zero-order valence-electron chi connectivity index (χ0n) is 39.6. The highest BCUT2D eigenvalue weighted by molar-refractivity contribution is 7.13. The summed E-state index contributed by atoms with van der Waals surface area (Å²) in [5.41, 5.74) is 4.31.